The number of carbonyl (C=O) groups excluding carboxylic acids is 1. The Balaban J connectivity index is 4.33. The van der Waals surface area contributed by atoms with Gasteiger partial charge in [-0.25, -0.2) is 0 Å². The highest BCUT2D eigenvalue weighted by molar-refractivity contribution is 5.76. The van der Waals surface area contributed by atoms with E-state index in [4.69, 9.17) is 5.53 Å². The zero-order valence-corrected chi connectivity index (χ0v) is 6.81. The summed E-state index contributed by atoms with van der Waals surface area (Å²) in [5, 5.41) is 3.30. The smallest absolute Gasteiger partial charge is 0.314 e. The Hall–Kier alpha value is -1.22. The fourth-order valence-corrected chi connectivity index (χ4v) is 0.629. The van der Waals surface area contributed by atoms with Crippen LogP contribution in [0.25, 0.3) is 10.4 Å². The molecule has 0 aromatic carbocycles. The highest BCUT2D eigenvalue weighted by Gasteiger charge is 2.20. The van der Waals surface area contributed by atoms with Crippen LogP contribution in [0.5, 0.6) is 0 Å². The topological polar surface area (TPSA) is 75.1 Å². The molecule has 1 atom stereocenters. The molecule has 0 fully saturated rings. The molecule has 0 N–H and O–H groups in total. The molecule has 0 heterocycles. The van der Waals surface area contributed by atoms with Crippen molar-refractivity contribution in [2.45, 2.75) is 19.9 Å². The van der Waals surface area contributed by atoms with Crippen molar-refractivity contribution in [1.29, 1.82) is 0 Å². The fraction of sp³-hybridized carbons (Fsp3) is 0.833. The normalized spacial score (nSPS) is 12.0. The lowest BCUT2D eigenvalue weighted by Gasteiger charge is -2.11. The highest BCUT2D eigenvalue weighted by Crippen LogP contribution is 2.07. The van der Waals surface area contributed by atoms with E-state index in [2.05, 4.69) is 14.8 Å². The molecule has 5 heteroatoms. The van der Waals surface area contributed by atoms with Gasteiger partial charge in [0.2, 0.25) is 0 Å². The molecule has 0 aliphatic carbocycles. The minimum atomic E-state index is -0.704. The second-order valence-corrected chi connectivity index (χ2v) is 2.42. The van der Waals surface area contributed by atoms with Crippen molar-refractivity contribution in [3.63, 3.8) is 0 Å². The summed E-state index contributed by atoms with van der Waals surface area (Å²) in [6.45, 7) is 3.58. The lowest BCUT2D eigenvalue weighted by atomic mass is 10.1. The Bertz CT molecular complexity index is 184. The van der Waals surface area contributed by atoms with Crippen LogP contribution in [0.4, 0.5) is 0 Å². The Kier molecular flexibility index (Phi) is 4.07. The Morgan fingerprint density at radius 1 is 1.64 bits per heavy atom. The van der Waals surface area contributed by atoms with Crippen LogP contribution < -0.4 is 0 Å². The summed E-state index contributed by atoms with van der Waals surface area (Å²) in [7, 11) is 1.27. The summed E-state index contributed by atoms with van der Waals surface area (Å²) in [6.07, 6.45) is 0. The predicted molar refractivity (Wildman–Crippen MR) is 39.8 cm³/mol. The third-order valence-corrected chi connectivity index (χ3v) is 1.25. The average molecular weight is 157 g/mol. The Morgan fingerprint density at radius 2 is 2.18 bits per heavy atom. The number of azide groups is 1. The monoisotopic (exact) mass is 157 g/mol. The molecular weight excluding hydrogens is 146 g/mol. The van der Waals surface area contributed by atoms with E-state index in [0.29, 0.717) is 0 Å². The van der Waals surface area contributed by atoms with Crippen molar-refractivity contribution in [3.05, 3.63) is 10.4 Å². The molecule has 0 rings (SSSR count). The highest BCUT2D eigenvalue weighted by atomic mass is 16.5. The number of nitrogens with zero attached hydrogens (tertiary/aromatic N) is 3. The zero-order valence-electron chi connectivity index (χ0n) is 6.81. The van der Waals surface area contributed by atoms with Crippen LogP contribution in [-0.2, 0) is 9.53 Å². The molecule has 0 aliphatic heterocycles. The second-order valence-electron chi connectivity index (χ2n) is 2.42. The summed E-state index contributed by atoms with van der Waals surface area (Å²) in [5.41, 5.74) is 8.08. The summed E-state index contributed by atoms with van der Waals surface area (Å²) >= 11 is 0. The van der Waals surface area contributed by atoms with Gasteiger partial charge in [-0.05, 0) is 11.4 Å². The maximum Gasteiger partial charge on any atom is 0.314 e. The van der Waals surface area contributed by atoms with Gasteiger partial charge in [-0.3, -0.25) is 4.79 Å². The van der Waals surface area contributed by atoms with Gasteiger partial charge in [-0.2, -0.15) is 0 Å². The fourth-order valence-electron chi connectivity index (χ4n) is 0.629. The van der Waals surface area contributed by atoms with E-state index in [9.17, 15) is 4.79 Å². The first-order valence-corrected chi connectivity index (χ1v) is 3.25. The standard InChI is InChI=1S/C6H11N3O2/c1-4(2)5(8-9-7)6(10)11-3/h4-5H,1-3H3/t5-/m0/s1. The van der Waals surface area contributed by atoms with E-state index in [1.54, 1.807) is 13.8 Å². The molecule has 11 heavy (non-hydrogen) atoms. The van der Waals surface area contributed by atoms with Gasteiger partial charge in [0.1, 0.15) is 6.04 Å². The lowest BCUT2D eigenvalue weighted by molar-refractivity contribution is -0.143. The van der Waals surface area contributed by atoms with Crippen molar-refractivity contribution in [2.24, 2.45) is 11.0 Å². The second kappa shape index (κ2) is 4.57. The molecule has 0 radical (unpaired) electrons. The Labute approximate surface area is 65.0 Å². The van der Waals surface area contributed by atoms with E-state index >= 15 is 0 Å². The number of hydrogen-bond acceptors (Lipinski definition) is 3. The molecule has 62 valence electrons. The van der Waals surface area contributed by atoms with Crippen LogP contribution in [0, 0.1) is 5.92 Å². The quantitative estimate of drug-likeness (QED) is 0.269. The van der Waals surface area contributed by atoms with Crippen LogP contribution in [0.2, 0.25) is 0 Å². The van der Waals surface area contributed by atoms with Gasteiger partial charge in [0.05, 0.1) is 7.11 Å². The molecular formula is C6H11N3O2. The predicted octanol–water partition coefficient (Wildman–Crippen LogP) is 1.49. The number of carbonyl (C=O) groups is 1. The third-order valence-electron chi connectivity index (χ3n) is 1.25. The summed E-state index contributed by atoms with van der Waals surface area (Å²) < 4.78 is 4.42. The third kappa shape index (κ3) is 2.91. The van der Waals surface area contributed by atoms with Crippen LogP contribution in [0.15, 0.2) is 5.11 Å². The molecule has 0 aromatic rings. The van der Waals surface area contributed by atoms with Crippen molar-refractivity contribution in [3.8, 4) is 0 Å². The van der Waals surface area contributed by atoms with Crippen molar-refractivity contribution in [1.82, 2.24) is 0 Å². The molecule has 0 saturated heterocycles. The molecule has 0 aromatic heterocycles. The van der Waals surface area contributed by atoms with Crippen molar-refractivity contribution >= 4 is 5.97 Å². The van der Waals surface area contributed by atoms with Crippen molar-refractivity contribution in [2.75, 3.05) is 7.11 Å². The van der Waals surface area contributed by atoms with E-state index in [1.165, 1.54) is 7.11 Å². The maximum absolute atomic E-state index is 10.9. The molecule has 5 nitrogen and oxygen atoms in total. The van der Waals surface area contributed by atoms with E-state index < -0.39 is 12.0 Å². The first-order valence-electron chi connectivity index (χ1n) is 3.25. The van der Waals surface area contributed by atoms with Gasteiger partial charge < -0.3 is 4.74 Å². The van der Waals surface area contributed by atoms with Gasteiger partial charge in [0.25, 0.3) is 0 Å². The van der Waals surface area contributed by atoms with Gasteiger partial charge in [0, 0.05) is 4.91 Å². The van der Waals surface area contributed by atoms with Crippen molar-refractivity contribution < 1.29 is 9.53 Å². The van der Waals surface area contributed by atoms with E-state index in [0.717, 1.165) is 0 Å². The first-order chi connectivity index (χ1) is 5.13. The van der Waals surface area contributed by atoms with Crippen LogP contribution in [-0.4, -0.2) is 19.1 Å². The molecule has 0 bridgehead atoms. The number of ether oxygens (including phenoxy) is 1. The largest absolute Gasteiger partial charge is 0.469 e. The Morgan fingerprint density at radius 3 is 2.45 bits per heavy atom. The number of methoxy groups -OCH3 is 1. The molecule has 0 unspecified atom stereocenters. The minimum Gasteiger partial charge on any atom is -0.469 e. The van der Waals surface area contributed by atoms with E-state index in [-0.39, 0.29) is 5.92 Å². The summed E-state index contributed by atoms with van der Waals surface area (Å²) in [6, 6.07) is -0.704. The van der Waals surface area contributed by atoms with Gasteiger partial charge in [-0.1, -0.05) is 19.0 Å². The average Bonchev–Trinajstić information content (AvgIpc) is 1.98. The minimum absolute atomic E-state index is 0.0293. The molecule has 0 amide bonds. The summed E-state index contributed by atoms with van der Waals surface area (Å²) in [5.74, 6) is -0.517. The SMILES string of the molecule is COC(=O)[C@@H](N=[N+]=[N-])C(C)C. The van der Waals surface area contributed by atoms with E-state index in [1.807, 2.05) is 0 Å². The van der Waals surface area contributed by atoms with Crippen LogP contribution in [0.1, 0.15) is 13.8 Å². The number of rotatable bonds is 3. The van der Waals surface area contributed by atoms with Gasteiger partial charge in [0.15, 0.2) is 0 Å². The molecule has 0 saturated carbocycles. The first kappa shape index (κ1) is 9.78. The van der Waals surface area contributed by atoms with Crippen LogP contribution in [0.3, 0.4) is 0 Å². The van der Waals surface area contributed by atoms with Gasteiger partial charge >= 0.3 is 5.97 Å². The molecule has 0 spiro atoms. The molecule has 0 aliphatic rings. The number of esters is 1. The summed E-state index contributed by atoms with van der Waals surface area (Å²) in [4.78, 5) is 13.4. The lowest BCUT2D eigenvalue weighted by Crippen LogP contribution is -2.24. The maximum atomic E-state index is 10.9. The van der Waals surface area contributed by atoms with Crippen LogP contribution >= 0.6 is 0 Å². The van der Waals surface area contributed by atoms with Gasteiger partial charge in [-0.15, -0.1) is 0 Å². The number of hydrogen-bond donors (Lipinski definition) is 0. The zero-order chi connectivity index (χ0) is 8.85.